The van der Waals surface area contributed by atoms with Gasteiger partial charge in [-0.15, -0.1) is 0 Å². The summed E-state index contributed by atoms with van der Waals surface area (Å²) in [7, 11) is 4.52. The van der Waals surface area contributed by atoms with E-state index < -0.39 is 0 Å². The van der Waals surface area contributed by atoms with Crippen LogP contribution in [0.2, 0.25) is 0 Å². The highest BCUT2D eigenvalue weighted by molar-refractivity contribution is 4.55. The van der Waals surface area contributed by atoms with Gasteiger partial charge in [-0.05, 0) is 66.0 Å². The maximum Gasteiger partial charge on any atom is -0.00218 e. The van der Waals surface area contributed by atoms with E-state index in [4.69, 9.17) is 0 Å². The number of unbranched alkanes of at least 4 members (excludes halogenated alkanes) is 5. The molecule has 0 fully saturated rings. The van der Waals surface area contributed by atoms with Crippen LogP contribution < -0.4 is 0 Å². The lowest BCUT2D eigenvalue weighted by Gasteiger charge is -2.17. The number of hydrogen-bond acceptors (Lipinski definition) is 2. The van der Waals surface area contributed by atoms with Crippen LogP contribution in [0.4, 0.5) is 0 Å². The van der Waals surface area contributed by atoms with Crippen molar-refractivity contribution in [3.63, 3.8) is 0 Å². The normalized spacial score (nSPS) is 11.7. The minimum atomic E-state index is 1.27. The van der Waals surface area contributed by atoms with Crippen molar-refractivity contribution in [2.24, 2.45) is 0 Å². The molecule has 0 saturated heterocycles. The van der Waals surface area contributed by atoms with E-state index >= 15 is 0 Å². The molecule has 2 heteroatoms. The van der Waals surface area contributed by atoms with Gasteiger partial charge in [-0.1, -0.05) is 39.5 Å². The molecule has 0 aromatic carbocycles. The summed E-state index contributed by atoms with van der Waals surface area (Å²) in [6.07, 6.45) is 10.9. The van der Waals surface area contributed by atoms with Gasteiger partial charge in [0.1, 0.15) is 0 Å². The van der Waals surface area contributed by atoms with E-state index in [-0.39, 0.29) is 0 Å². The van der Waals surface area contributed by atoms with Crippen molar-refractivity contribution in [3.8, 4) is 0 Å². The summed E-state index contributed by atoms with van der Waals surface area (Å²) in [5.41, 5.74) is 0. The second-order valence-corrected chi connectivity index (χ2v) is 5.73. The van der Waals surface area contributed by atoms with Crippen LogP contribution in [0, 0.1) is 0 Å². The van der Waals surface area contributed by atoms with Crippen LogP contribution in [0.15, 0.2) is 0 Å². The largest absolute Gasteiger partial charge is 0.306 e. The van der Waals surface area contributed by atoms with Crippen LogP contribution in [-0.2, 0) is 0 Å². The summed E-state index contributed by atoms with van der Waals surface area (Å²) >= 11 is 0. The van der Waals surface area contributed by atoms with E-state index in [1.165, 1.54) is 77.5 Å². The first-order chi connectivity index (χ1) is 8.70. The number of hydrogen-bond donors (Lipinski definition) is 0. The highest BCUT2D eigenvalue weighted by atomic mass is 15.1. The third-order valence-corrected chi connectivity index (χ3v) is 3.62. The van der Waals surface area contributed by atoms with Crippen molar-refractivity contribution in [3.05, 3.63) is 0 Å². The van der Waals surface area contributed by atoms with E-state index in [0.717, 1.165) is 0 Å². The van der Waals surface area contributed by atoms with E-state index in [2.05, 4.69) is 37.7 Å². The van der Waals surface area contributed by atoms with E-state index in [0.29, 0.717) is 0 Å². The zero-order chi connectivity index (χ0) is 13.6. The van der Waals surface area contributed by atoms with Gasteiger partial charge in [0.2, 0.25) is 0 Å². The third-order valence-electron chi connectivity index (χ3n) is 3.62. The second-order valence-electron chi connectivity index (χ2n) is 5.73. The standard InChI is InChI=1S/C16H36N2/c1-5-7-13-17(3)15-11-9-10-12-16-18(4)14-8-6-2/h5-16H2,1-4H3. The van der Waals surface area contributed by atoms with Crippen LogP contribution in [0.5, 0.6) is 0 Å². The van der Waals surface area contributed by atoms with Gasteiger partial charge in [-0.3, -0.25) is 0 Å². The SMILES string of the molecule is CCCCN(C)CCCCCCN(C)CCCC. The van der Waals surface area contributed by atoms with Gasteiger partial charge >= 0.3 is 0 Å². The predicted molar refractivity (Wildman–Crippen MR) is 83.3 cm³/mol. The van der Waals surface area contributed by atoms with Crippen molar-refractivity contribution in [1.29, 1.82) is 0 Å². The highest BCUT2D eigenvalue weighted by Gasteiger charge is 1.99. The fourth-order valence-corrected chi connectivity index (χ4v) is 2.20. The molecule has 0 aliphatic rings. The Morgan fingerprint density at radius 1 is 0.500 bits per heavy atom. The molecule has 0 radical (unpaired) electrons. The molecule has 18 heavy (non-hydrogen) atoms. The van der Waals surface area contributed by atoms with Gasteiger partial charge in [-0.2, -0.15) is 0 Å². The molecule has 0 aromatic heterocycles. The maximum atomic E-state index is 2.48. The van der Waals surface area contributed by atoms with E-state index in [9.17, 15) is 0 Å². The average Bonchev–Trinajstić information content (AvgIpc) is 2.37. The Hall–Kier alpha value is -0.0800. The topological polar surface area (TPSA) is 6.48 Å². The Morgan fingerprint density at radius 3 is 1.17 bits per heavy atom. The molecule has 0 spiro atoms. The minimum absolute atomic E-state index is 1.27. The lowest BCUT2D eigenvalue weighted by molar-refractivity contribution is 0.304. The molecular formula is C16H36N2. The molecule has 0 atom stereocenters. The zero-order valence-corrected chi connectivity index (χ0v) is 13.4. The van der Waals surface area contributed by atoms with Gasteiger partial charge in [0.15, 0.2) is 0 Å². The van der Waals surface area contributed by atoms with Crippen molar-refractivity contribution >= 4 is 0 Å². The Labute approximate surface area is 116 Å². The van der Waals surface area contributed by atoms with E-state index in [1.807, 2.05) is 0 Å². The summed E-state index contributed by atoms with van der Waals surface area (Å²) < 4.78 is 0. The van der Waals surface area contributed by atoms with Gasteiger partial charge in [0.05, 0.1) is 0 Å². The van der Waals surface area contributed by atoms with Gasteiger partial charge in [0.25, 0.3) is 0 Å². The second kappa shape index (κ2) is 13.4. The highest BCUT2D eigenvalue weighted by Crippen LogP contribution is 2.03. The fourth-order valence-electron chi connectivity index (χ4n) is 2.20. The first-order valence-corrected chi connectivity index (χ1v) is 8.07. The van der Waals surface area contributed by atoms with Crippen molar-refractivity contribution in [2.75, 3.05) is 40.3 Å². The molecule has 2 nitrogen and oxygen atoms in total. The van der Waals surface area contributed by atoms with Crippen molar-refractivity contribution < 1.29 is 0 Å². The van der Waals surface area contributed by atoms with Gasteiger partial charge < -0.3 is 9.80 Å². The minimum Gasteiger partial charge on any atom is -0.306 e. The van der Waals surface area contributed by atoms with Crippen LogP contribution in [0.1, 0.15) is 65.2 Å². The zero-order valence-electron chi connectivity index (χ0n) is 13.4. The fraction of sp³-hybridized carbons (Fsp3) is 1.00. The van der Waals surface area contributed by atoms with Crippen LogP contribution in [0.3, 0.4) is 0 Å². The van der Waals surface area contributed by atoms with Crippen molar-refractivity contribution in [2.45, 2.75) is 65.2 Å². The molecule has 0 amide bonds. The van der Waals surface area contributed by atoms with Gasteiger partial charge in [0, 0.05) is 0 Å². The van der Waals surface area contributed by atoms with Crippen LogP contribution in [-0.4, -0.2) is 50.1 Å². The molecule has 0 aliphatic heterocycles. The first-order valence-electron chi connectivity index (χ1n) is 8.07. The smallest absolute Gasteiger partial charge is 0.00218 e. The summed E-state index contributed by atoms with van der Waals surface area (Å²) in [6.45, 7) is 9.65. The maximum absolute atomic E-state index is 2.48. The number of rotatable bonds is 13. The average molecular weight is 256 g/mol. The summed E-state index contributed by atoms with van der Waals surface area (Å²) in [4.78, 5) is 4.97. The van der Waals surface area contributed by atoms with Gasteiger partial charge in [-0.25, -0.2) is 0 Å². The number of nitrogens with zero attached hydrogens (tertiary/aromatic N) is 2. The first kappa shape index (κ1) is 17.9. The molecule has 110 valence electrons. The van der Waals surface area contributed by atoms with Crippen LogP contribution >= 0.6 is 0 Å². The Bertz CT molecular complexity index is 141. The lowest BCUT2D eigenvalue weighted by Crippen LogP contribution is -2.21. The molecule has 0 heterocycles. The molecular weight excluding hydrogens is 220 g/mol. The molecule has 0 rings (SSSR count). The molecule has 0 saturated carbocycles. The molecule has 0 aliphatic carbocycles. The molecule has 0 bridgehead atoms. The summed E-state index contributed by atoms with van der Waals surface area (Å²) in [5, 5.41) is 0. The molecule has 0 N–H and O–H groups in total. The van der Waals surface area contributed by atoms with Crippen LogP contribution in [0.25, 0.3) is 0 Å². The predicted octanol–water partition coefficient (Wildman–Crippen LogP) is 4.01. The van der Waals surface area contributed by atoms with Crippen molar-refractivity contribution in [1.82, 2.24) is 9.80 Å². The molecule has 0 aromatic rings. The monoisotopic (exact) mass is 256 g/mol. The summed E-state index contributed by atoms with van der Waals surface area (Å²) in [6, 6.07) is 0. The Morgan fingerprint density at radius 2 is 0.833 bits per heavy atom. The summed E-state index contributed by atoms with van der Waals surface area (Å²) in [5.74, 6) is 0. The molecule has 0 unspecified atom stereocenters. The van der Waals surface area contributed by atoms with E-state index in [1.54, 1.807) is 0 Å². The lowest BCUT2D eigenvalue weighted by atomic mass is 10.1. The third kappa shape index (κ3) is 12.4. The quantitative estimate of drug-likeness (QED) is 0.459. The Balaban J connectivity index is 3.19. The Kier molecular flexibility index (Phi) is 13.3.